The van der Waals surface area contributed by atoms with Crippen molar-refractivity contribution in [1.29, 1.82) is 0 Å². The van der Waals surface area contributed by atoms with Crippen molar-refractivity contribution in [3.63, 3.8) is 0 Å². The van der Waals surface area contributed by atoms with Gasteiger partial charge in [-0.2, -0.15) is 5.10 Å². The number of hydrogen-bond donors (Lipinski definition) is 0. The number of likely N-dealkylation sites (tertiary alicyclic amines) is 1. The molecule has 22 heavy (non-hydrogen) atoms. The molecule has 5 nitrogen and oxygen atoms in total. The molecule has 0 saturated carbocycles. The van der Waals surface area contributed by atoms with Gasteiger partial charge in [-0.3, -0.25) is 4.79 Å². The van der Waals surface area contributed by atoms with Gasteiger partial charge in [-0.15, -0.1) is 11.3 Å². The Kier molecular flexibility index (Phi) is 4.49. The maximum atomic E-state index is 12.5. The van der Waals surface area contributed by atoms with Gasteiger partial charge < -0.3 is 4.90 Å². The first-order chi connectivity index (χ1) is 10.5. The zero-order valence-corrected chi connectivity index (χ0v) is 14.3. The summed E-state index contributed by atoms with van der Waals surface area (Å²) in [6.45, 7) is 6.29. The van der Waals surface area contributed by atoms with Crippen LogP contribution in [0.2, 0.25) is 4.34 Å². The first-order valence-corrected chi connectivity index (χ1v) is 8.65. The lowest BCUT2D eigenvalue weighted by Gasteiger charge is -2.32. The Bertz CT molecular complexity index is 681. The molecule has 1 atom stereocenters. The quantitative estimate of drug-likeness (QED) is 0.863. The first-order valence-electron chi connectivity index (χ1n) is 7.45. The summed E-state index contributed by atoms with van der Waals surface area (Å²) in [5.41, 5.74) is 0. The highest BCUT2D eigenvalue weighted by Gasteiger charge is 2.26. The molecule has 1 unspecified atom stereocenters. The zero-order valence-electron chi connectivity index (χ0n) is 12.8. The van der Waals surface area contributed by atoms with Gasteiger partial charge in [-0.1, -0.05) is 11.6 Å². The molecule has 1 fully saturated rings. The summed E-state index contributed by atoms with van der Waals surface area (Å²) in [7, 11) is 0. The van der Waals surface area contributed by atoms with E-state index in [-0.39, 0.29) is 5.91 Å². The molecular formula is C15H19ClN4OS. The fourth-order valence-corrected chi connectivity index (χ4v) is 3.97. The topological polar surface area (TPSA) is 51.0 Å². The summed E-state index contributed by atoms with van der Waals surface area (Å²) in [4.78, 5) is 19.5. The Balaban J connectivity index is 1.66. The van der Waals surface area contributed by atoms with Gasteiger partial charge in [0.1, 0.15) is 11.6 Å². The van der Waals surface area contributed by atoms with E-state index in [0.29, 0.717) is 10.3 Å². The van der Waals surface area contributed by atoms with Crippen LogP contribution in [0.25, 0.3) is 0 Å². The minimum absolute atomic E-state index is 0.0908. The summed E-state index contributed by atoms with van der Waals surface area (Å²) in [6.07, 6.45) is 2.15. The van der Waals surface area contributed by atoms with Crippen molar-refractivity contribution in [2.24, 2.45) is 5.92 Å². The molecule has 0 aromatic carbocycles. The standard InChI is InChI=1S/C15H19ClN4OS/c1-10-17-11(2)20(18-10)9-12-4-3-7-19(8-12)15(21)13-5-6-14(16)22-13/h5-6,12H,3-4,7-9H2,1-2H3. The second kappa shape index (κ2) is 6.38. The van der Waals surface area contributed by atoms with E-state index >= 15 is 0 Å². The van der Waals surface area contributed by atoms with Crippen molar-refractivity contribution in [1.82, 2.24) is 19.7 Å². The third kappa shape index (κ3) is 3.33. The zero-order chi connectivity index (χ0) is 15.7. The highest BCUT2D eigenvalue weighted by atomic mass is 35.5. The van der Waals surface area contributed by atoms with Gasteiger partial charge in [0.05, 0.1) is 9.21 Å². The predicted octanol–water partition coefficient (Wildman–Crippen LogP) is 3.16. The molecule has 2 aromatic heterocycles. The highest BCUT2D eigenvalue weighted by Crippen LogP contribution is 2.25. The van der Waals surface area contributed by atoms with Crippen molar-refractivity contribution >= 4 is 28.8 Å². The van der Waals surface area contributed by atoms with Crippen LogP contribution in [-0.4, -0.2) is 38.7 Å². The summed E-state index contributed by atoms with van der Waals surface area (Å²) >= 11 is 7.28. The Labute approximate surface area is 138 Å². The van der Waals surface area contributed by atoms with Gasteiger partial charge in [0.2, 0.25) is 0 Å². The van der Waals surface area contributed by atoms with E-state index < -0.39 is 0 Å². The van der Waals surface area contributed by atoms with E-state index in [2.05, 4.69) is 10.1 Å². The normalized spacial score (nSPS) is 18.7. The smallest absolute Gasteiger partial charge is 0.263 e. The molecule has 118 valence electrons. The average Bonchev–Trinajstić information content (AvgIpc) is 3.05. The van der Waals surface area contributed by atoms with Crippen molar-refractivity contribution in [2.45, 2.75) is 33.2 Å². The molecule has 0 bridgehead atoms. The molecular weight excluding hydrogens is 320 g/mol. The number of amides is 1. The van der Waals surface area contributed by atoms with Crippen LogP contribution in [0.5, 0.6) is 0 Å². The Morgan fingerprint density at radius 1 is 1.45 bits per heavy atom. The van der Waals surface area contributed by atoms with Crippen molar-refractivity contribution in [3.05, 3.63) is 33.0 Å². The number of carbonyl (C=O) groups is 1. The molecule has 0 N–H and O–H groups in total. The van der Waals surface area contributed by atoms with Crippen molar-refractivity contribution in [2.75, 3.05) is 13.1 Å². The second-order valence-electron chi connectivity index (χ2n) is 5.75. The van der Waals surface area contributed by atoms with Crippen LogP contribution in [0, 0.1) is 19.8 Å². The summed E-state index contributed by atoms with van der Waals surface area (Å²) in [5.74, 6) is 2.25. The number of thiophene rings is 1. The largest absolute Gasteiger partial charge is 0.338 e. The van der Waals surface area contributed by atoms with Crippen molar-refractivity contribution in [3.8, 4) is 0 Å². The minimum atomic E-state index is 0.0908. The van der Waals surface area contributed by atoms with Gasteiger partial charge in [0.25, 0.3) is 5.91 Å². The summed E-state index contributed by atoms with van der Waals surface area (Å²) in [5, 5.41) is 4.42. The lowest BCUT2D eigenvalue weighted by molar-refractivity contribution is 0.0664. The van der Waals surface area contributed by atoms with Crippen LogP contribution in [0.15, 0.2) is 12.1 Å². The number of halogens is 1. The highest BCUT2D eigenvalue weighted by molar-refractivity contribution is 7.17. The molecule has 2 aromatic rings. The maximum absolute atomic E-state index is 12.5. The SMILES string of the molecule is Cc1nc(C)n(CC2CCCN(C(=O)c3ccc(Cl)s3)C2)n1. The number of nitrogens with zero attached hydrogens (tertiary/aromatic N) is 4. The number of aromatic nitrogens is 3. The Morgan fingerprint density at radius 2 is 2.27 bits per heavy atom. The van der Waals surface area contributed by atoms with Crippen molar-refractivity contribution < 1.29 is 4.79 Å². The maximum Gasteiger partial charge on any atom is 0.263 e. The van der Waals surface area contributed by atoms with Crippen LogP contribution >= 0.6 is 22.9 Å². The van der Waals surface area contributed by atoms with E-state index in [1.165, 1.54) is 11.3 Å². The van der Waals surface area contributed by atoms with Crippen LogP contribution in [0.3, 0.4) is 0 Å². The van der Waals surface area contributed by atoms with Crippen LogP contribution in [0.4, 0.5) is 0 Å². The van der Waals surface area contributed by atoms with E-state index in [9.17, 15) is 4.79 Å². The molecule has 1 aliphatic rings. The number of hydrogen-bond acceptors (Lipinski definition) is 4. The fourth-order valence-electron chi connectivity index (χ4n) is 2.96. The second-order valence-corrected chi connectivity index (χ2v) is 7.47. The molecule has 0 aliphatic carbocycles. The lowest BCUT2D eigenvalue weighted by Crippen LogP contribution is -2.41. The summed E-state index contributed by atoms with van der Waals surface area (Å²) in [6, 6.07) is 3.59. The minimum Gasteiger partial charge on any atom is -0.338 e. The molecule has 1 amide bonds. The van der Waals surface area contributed by atoms with E-state index in [1.807, 2.05) is 29.5 Å². The molecule has 3 heterocycles. The van der Waals surface area contributed by atoms with Crippen LogP contribution in [0.1, 0.15) is 34.2 Å². The molecule has 7 heteroatoms. The van der Waals surface area contributed by atoms with Gasteiger partial charge >= 0.3 is 0 Å². The first kappa shape index (κ1) is 15.5. The molecule has 1 aliphatic heterocycles. The Morgan fingerprint density at radius 3 is 2.91 bits per heavy atom. The number of aryl methyl sites for hydroxylation is 2. The predicted molar refractivity (Wildman–Crippen MR) is 87.5 cm³/mol. The molecule has 0 radical (unpaired) electrons. The van der Waals surface area contributed by atoms with E-state index in [0.717, 1.165) is 49.0 Å². The summed E-state index contributed by atoms with van der Waals surface area (Å²) < 4.78 is 2.61. The molecule has 1 saturated heterocycles. The molecule has 3 rings (SSSR count). The lowest BCUT2D eigenvalue weighted by atomic mass is 9.98. The number of carbonyl (C=O) groups excluding carboxylic acids is 1. The third-order valence-electron chi connectivity index (χ3n) is 3.98. The van der Waals surface area contributed by atoms with Gasteiger partial charge in [-0.05, 0) is 44.7 Å². The van der Waals surface area contributed by atoms with Crippen LogP contribution < -0.4 is 0 Å². The fraction of sp³-hybridized carbons (Fsp3) is 0.533. The molecule has 0 spiro atoms. The van der Waals surface area contributed by atoms with E-state index in [1.54, 1.807) is 6.07 Å². The van der Waals surface area contributed by atoms with Gasteiger partial charge in [0.15, 0.2) is 0 Å². The van der Waals surface area contributed by atoms with E-state index in [4.69, 9.17) is 11.6 Å². The Hall–Kier alpha value is -1.40. The monoisotopic (exact) mass is 338 g/mol. The number of piperidine rings is 1. The van der Waals surface area contributed by atoms with Gasteiger partial charge in [-0.25, -0.2) is 9.67 Å². The van der Waals surface area contributed by atoms with Gasteiger partial charge in [0, 0.05) is 19.6 Å². The number of rotatable bonds is 3. The third-order valence-corrected chi connectivity index (χ3v) is 5.20. The average molecular weight is 339 g/mol. The van der Waals surface area contributed by atoms with Crippen LogP contribution in [-0.2, 0) is 6.54 Å².